The zero-order valence-electron chi connectivity index (χ0n) is 7.71. The summed E-state index contributed by atoms with van der Waals surface area (Å²) in [5, 5.41) is 19.2. The van der Waals surface area contributed by atoms with Crippen molar-refractivity contribution in [2.24, 2.45) is 0 Å². The van der Waals surface area contributed by atoms with Gasteiger partial charge in [0.1, 0.15) is 5.60 Å². The van der Waals surface area contributed by atoms with Gasteiger partial charge >= 0.3 is 0 Å². The average molecular weight is 201 g/mol. The molecular weight excluding hydrogens is 188 g/mol. The maximum atomic E-state index is 9.70. The smallest absolute Gasteiger partial charge is 0.110 e. The first-order chi connectivity index (χ1) is 5.97. The van der Waals surface area contributed by atoms with E-state index in [-0.39, 0.29) is 6.61 Å². The van der Waals surface area contributed by atoms with Crippen LogP contribution in [0.15, 0.2) is 18.2 Å². The van der Waals surface area contributed by atoms with Crippen LogP contribution in [0.1, 0.15) is 18.1 Å². The second-order valence-corrected chi connectivity index (χ2v) is 3.80. The van der Waals surface area contributed by atoms with E-state index in [4.69, 9.17) is 16.7 Å². The summed E-state index contributed by atoms with van der Waals surface area (Å²) in [7, 11) is 0. The van der Waals surface area contributed by atoms with Crippen molar-refractivity contribution in [3.05, 3.63) is 34.3 Å². The fraction of sp³-hybridized carbons (Fsp3) is 0.400. The minimum Gasteiger partial charge on any atom is -0.393 e. The Morgan fingerprint density at radius 2 is 2.08 bits per heavy atom. The van der Waals surface area contributed by atoms with Crippen molar-refractivity contribution in [2.75, 3.05) is 6.61 Å². The van der Waals surface area contributed by atoms with Crippen LogP contribution in [0.4, 0.5) is 0 Å². The summed E-state index contributed by atoms with van der Waals surface area (Å²) in [6.07, 6.45) is 0. The number of hydrogen-bond acceptors (Lipinski definition) is 2. The summed E-state index contributed by atoms with van der Waals surface area (Å²) in [6, 6.07) is 5.26. The van der Waals surface area contributed by atoms with Gasteiger partial charge in [-0.05, 0) is 31.0 Å². The van der Waals surface area contributed by atoms with E-state index in [0.29, 0.717) is 10.6 Å². The molecule has 2 N–H and O–H groups in total. The van der Waals surface area contributed by atoms with Crippen molar-refractivity contribution >= 4 is 11.6 Å². The van der Waals surface area contributed by atoms with E-state index in [9.17, 15) is 5.11 Å². The molecule has 1 rings (SSSR count). The number of halogens is 1. The summed E-state index contributed by atoms with van der Waals surface area (Å²) in [4.78, 5) is 0. The fourth-order valence-corrected chi connectivity index (χ4v) is 1.20. The highest BCUT2D eigenvalue weighted by Crippen LogP contribution is 2.24. The predicted molar refractivity (Wildman–Crippen MR) is 52.8 cm³/mol. The molecule has 0 fully saturated rings. The molecule has 0 aromatic heterocycles. The van der Waals surface area contributed by atoms with Gasteiger partial charge in [-0.15, -0.1) is 0 Å². The van der Waals surface area contributed by atoms with Gasteiger partial charge < -0.3 is 10.2 Å². The second kappa shape index (κ2) is 3.66. The molecule has 0 aliphatic heterocycles. The molecule has 0 aliphatic rings. The van der Waals surface area contributed by atoms with Gasteiger partial charge in [-0.1, -0.05) is 23.7 Å². The monoisotopic (exact) mass is 200 g/mol. The number of aliphatic hydroxyl groups excluding tert-OH is 1. The molecule has 0 amide bonds. The molecule has 0 saturated carbocycles. The van der Waals surface area contributed by atoms with Gasteiger partial charge in [0, 0.05) is 5.02 Å². The summed E-state index contributed by atoms with van der Waals surface area (Å²) < 4.78 is 0. The van der Waals surface area contributed by atoms with Crippen molar-refractivity contribution in [2.45, 2.75) is 19.4 Å². The van der Waals surface area contributed by atoms with Crippen LogP contribution >= 0.6 is 11.6 Å². The van der Waals surface area contributed by atoms with Crippen molar-refractivity contribution in [3.63, 3.8) is 0 Å². The zero-order valence-corrected chi connectivity index (χ0v) is 8.47. The summed E-state index contributed by atoms with van der Waals surface area (Å²) in [5.41, 5.74) is 0.377. The number of hydrogen-bond donors (Lipinski definition) is 2. The largest absolute Gasteiger partial charge is 0.393 e. The maximum Gasteiger partial charge on any atom is 0.110 e. The minimum absolute atomic E-state index is 0.313. The molecule has 0 heterocycles. The highest BCUT2D eigenvalue weighted by Gasteiger charge is 2.21. The molecule has 0 radical (unpaired) electrons. The number of rotatable bonds is 2. The fourth-order valence-electron chi connectivity index (χ4n) is 1.02. The van der Waals surface area contributed by atoms with E-state index < -0.39 is 5.60 Å². The number of benzene rings is 1. The quantitative estimate of drug-likeness (QED) is 0.765. The summed E-state index contributed by atoms with van der Waals surface area (Å²) in [6.45, 7) is 3.13. The Morgan fingerprint density at radius 1 is 1.46 bits per heavy atom. The molecule has 0 aliphatic carbocycles. The normalized spacial score (nSPS) is 15.5. The van der Waals surface area contributed by atoms with Gasteiger partial charge in [0.15, 0.2) is 0 Å². The van der Waals surface area contributed by atoms with Crippen molar-refractivity contribution < 1.29 is 10.2 Å². The third-order valence-electron chi connectivity index (χ3n) is 2.10. The highest BCUT2D eigenvalue weighted by molar-refractivity contribution is 6.31. The molecule has 72 valence electrons. The van der Waals surface area contributed by atoms with Gasteiger partial charge in [-0.3, -0.25) is 0 Å². The van der Waals surface area contributed by atoms with Crippen molar-refractivity contribution in [3.8, 4) is 0 Å². The van der Waals surface area contributed by atoms with Crippen LogP contribution in [-0.2, 0) is 5.60 Å². The van der Waals surface area contributed by atoms with E-state index in [1.165, 1.54) is 0 Å². The minimum atomic E-state index is -1.21. The Bertz CT molecular complexity index is 308. The predicted octanol–water partition coefficient (Wildman–Crippen LogP) is 1.85. The molecular formula is C10H13ClO2. The molecule has 1 aromatic rings. The lowest BCUT2D eigenvalue weighted by Crippen LogP contribution is -2.25. The molecule has 3 heteroatoms. The lowest BCUT2D eigenvalue weighted by molar-refractivity contribution is -0.00228. The van der Waals surface area contributed by atoms with Gasteiger partial charge in [0.2, 0.25) is 0 Å². The Hall–Kier alpha value is -0.570. The number of aliphatic hydroxyl groups is 2. The van der Waals surface area contributed by atoms with Gasteiger partial charge in [-0.25, -0.2) is 0 Å². The standard InChI is InChI=1S/C10H13ClO2/c1-7-3-4-8(5-9(7)11)10(2,13)6-12/h3-5,12-13H,6H2,1-2H3. The second-order valence-electron chi connectivity index (χ2n) is 3.40. The van der Waals surface area contributed by atoms with E-state index in [1.54, 1.807) is 19.1 Å². The maximum absolute atomic E-state index is 9.70. The summed E-state index contributed by atoms with van der Waals surface area (Å²) in [5.74, 6) is 0. The molecule has 0 saturated heterocycles. The molecule has 0 bridgehead atoms. The topological polar surface area (TPSA) is 40.5 Å². The SMILES string of the molecule is Cc1ccc(C(C)(O)CO)cc1Cl. The van der Waals surface area contributed by atoms with E-state index >= 15 is 0 Å². The van der Waals surface area contributed by atoms with Crippen LogP contribution in [-0.4, -0.2) is 16.8 Å². The van der Waals surface area contributed by atoms with Crippen LogP contribution in [0.3, 0.4) is 0 Å². The van der Waals surface area contributed by atoms with E-state index in [0.717, 1.165) is 5.56 Å². The van der Waals surface area contributed by atoms with E-state index in [2.05, 4.69) is 0 Å². The molecule has 1 atom stereocenters. The highest BCUT2D eigenvalue weighted by atomic mass is 35.5. The third kappa shape index (κ3) is 2.21. The lowest BCUT2D eigenvalue weighted by atomic mass is 9.96. The van der Waals surface area contributed by atoms with Crippen LogP contribution in [0.25, 0.3) is 0 Å². The molecule has 2 nitrogen and oxygen atoms in total. The average Bonchev–Trinajstić information content (AvgIpc) is 2.09. The van der Waals surface area contributed by atoms with Crippen LogP contribution in [0.5, 0.6) is 0 Å². The molecule has 0 spiro atoms. The summed E-state index contributed by atoms with van der Waals surface area (Å²) >= 11 is 5.88. The third-order valence-corrected chi connectivity index (χ3v) is 2.51. The van der Waals surface area contributed by atoms with Crippen molar-refractivity contribution in [1.82, 2.24) is 0 Å². The first-order valence-corrected chi connectivity index (χ1v) is 4.45. The lowest BCUT2D eigenvalue weighted by Gasteiger charge is -2.21. The molecule has 1 unspecified atom stereocenters. The number of aryl methyl sites for hydroxylation is 1. The van der Waals surface area contributed by atoms with Crippen LogP contribution in [0.2, 0.25) is 5.02 Å². The van der Waals surface area contributed by atoms with Gasteiger partial charge in [0.25, 0.3) is 0 Å². The van der Waals surface area contributed by atoms with Crippen molar-refractivity contribution in [1.29, 1.82) is 0 Å². The molecule has 1 aromatic carbocycles. The molecule has 13 heavy (non-hydrogen) atoms. The Balaban J connectivity index is 3.10. The van der Waals surface area contributed by atoms with Crippen LogP contribution < -0.4 is 0 Å². The van der Waals surface area contributed by atoms with E-state index in [1.807, 2.05) is 13.0 Å². The Labute approximate surface area is 82.8 Å². The zero-order chi connectivity index (χ0) is 10.1. The van der Waals surface area contributed by atoms with Gasteiger partial charge in [-0.2, -0.15) is 0 Å². The Kier molecular flexibility index (Phi) is 2.96. The van der Waals surface area contributed by atoms with Gasteiger partial charge in [0.05, 0.1) is 6.61 Å². The first kappa shape index (κ1) is 10.5. The first-order valence-electron chi connectivity index (χ1n) is 4.07. The Morgan fingerprint density at radius 3 is 2.54 bits per heavy atom. The van der Waals surface area contributed by atoms with Crippen LogP contribution in [0, 0.1) is 6.92 Å².